The summed E-state index contributed by atoms with van der Waals surface area (Å²) in [6.45, 7) is -0.200. The lowest BCUT2D eigenvalue weighted by Crippen LogP contribution is -2.53. The molecule has 0 saturated carbocycles. The molecule has 1 aliphatic rings. The van der Waals surface area contributed by atoms with Gasteiger partial charge in [0.2, 0.25) is 10.0 Å². The Balaban J connectivity index is 1.70. The highest BCUT2D eigenvalue weighted by Crippen LogP contribution is 2.33. The van der Waals surface area contributed by atoms with Crippen molar-refractivity contribution in [3.8, 4) is 0 Å². The van der Waals surface area contributed by atoms with E-state index >= 15 is 0 Å². The van der Waals surface area contributed by atoms with Gasteiger partial charge in [-0.2, -0.15) is 13.2 Å². The van der Waals surface area contributed by atoms with Crippen LogP contribution in [0.25, 0.3) is 0 Å². The zero-order valence-electron chi connectivity index (χ0n) is 18.0. The van der Waals surface area contributed by atoms with Crippen molar-refractivity contribution in [1.29, 1.82) is 0 Å². The number of benzene rings is 2. The maximum atomic E-state index is 14.0. The zero-order chi connectivity index (χ0) is 25.1. The van der Waals surface area contributed by atoms with Crippen molar-refractivity contribution in [2.24, 2.45) is 5.73 Å². The van der Waals surface area contributed by atoms with Gasteiger partial charge in [0.1, 0.15) is 23.5 Å². The highest BCUT2D eigenvalue weighted by Gasteiger charge is 2.47. The molecule has 0 aromatic heterocycles. The average molecular weight is 510 g/mol. The summed E-state index contributed by atoms with van der Waals surface area (Å²) >= 11 is 0. The fraction of sp³-hybridized carbons (Fsp3) is 0.455. The predicted octanol–water partition coefficient (Wildman–Crippen LogP) is 3.74. The first-order valence-electron chi connectivity index (χ1n) is 10.6. The number of nitrogens with one attached hydrogen (secondary N) is 1. The van der Waals surface area contributed by atoms with Crippen molar-refractivity contribution in [2.75, 3.05) is 13.1 Å². The van der Waals surface area contributed by atoms with E-state index in [4.69, 9.17) is 5.73 Å². The molecule has 2 aromatic carbocycles. The quantitative estimate of drug-likeness (QED) is 0.505. The molecular weight excluding hydrogens is 484 g/mol. The Kier molecular flexibility index (Phi) is 8.27. The van der Waals surface area contributed by atoms with Crippen LogP contribution in [0.15, 0.2) is 47.4 Å². The smallest absolute Gasteiger partial charge is 0.327 e. The molecule has 3 N–H and O–H groups in total. The second kappa shape index (κ2) is 10.6. The molecule has 3 rings (SSSR count). The molecule has 2 aromatic rings. The first-order valence-corrected chi connectivity index (χ1v) is 12.1. The van der Waals surface area contributed by atoms with Crippen LogP contribution in [0.4, 0.5) is 26.3 Å². The SMILES string of the molecule is N[C@H](Cc1cc(F)ccc1F)CC(N1CCCC1CNS(=O)(=O)c1ccc(F)cc1)C(F)(F)F. The van der Waals surface area contributed by atoms with Gasteiger partial charge in [-0.25, -0.2) is 26.3 Å². The summed E-state index contributed by atoms with van der Waals surface area (Å²) in [6.07, 6.45) is -4.78. The molecule has 1 aliphatic heterocycles. The average Bonchev–Trinajstić information content (AvgIpc) is 3.21. The summed E-state index contributed by atoms with van der Waals surface area (Å²) in [5.41, 5.74) is 5.80. The molecule has 0 bridgehead atoms. The molecule has 1 heterocycles. The Morgan fingerprint density at radius 1 is 1.06 bits per heavy atom. The number of hydrogen-bond donors (Lipinski definition) is 2. The second-order valence-electron chi connectivity index (χ2n) is 8.33. The number of alkyl halides is 3. The number of nitrogens with zero attached hydrogens (tertiary/aromatic N) is 1. The molecule has 5 nitrogen and oxygen atoms in total. The highest BCUT2D eigenvalue weighted by molar-refractivity contribution is 7.89. The Bertz CT molecular complexity index is 1080. The molecule has 3 atom stereocenters. The third-order valence-electron chi connectivity index (χ3n) is 5.85. The van der Waals surface area contributed by atoms with E-state index in [9.17, 15) is 34.8 Å². The fourth-order valence-electron chi connectivity index (χ4n) is 4.20. The summed E-state index contributed by atoms with van der Waals surface area (Å²) in [6, 6.07) is 2.92. The second-order valence-corrected chi connectivity index (χ2v) is 10.1. The maximum absolute atomic E-state index is 14.0. The summed E-state index contributed by atoms with van der Waals surface area (Å²) in [4.78, 5) is 0.958. The van der Waals surface area contributed by atoms with Gasteiger partial charge in [-0.05, 0) is 80.3 Å². The highest BCUT2D eigenvalue weighted by atomic mass is 32.2. The monoisotopic (exact) mass is 509 g/mol. The van der Waals surface area contributed by atoms with Crippen LogP contribution in [-0.2, 0) is 16.4 Å². The molecule has 0 spiro atoms. The van der Waals surface area contributed by atoms with Crippen molar-refractivity contribution in [2.45, 2.75) is 54.9 Å². The normalized spacial score (nSPS) is 19.3. The van der Waals surface area contributed by atoms with Crippen LogP contribution in [0, 0.1) is 17.5 Å². The fourth-order valence-corrected chi connectivity index (χ4v) is 5.27. The van der Waals surface area contributed by atoms with Crippen molar-refractivity contribution < 1.29 is 34.8 Å². The molecular formula is C22H25F6N3O2S. The van der Waals surface area contributed by atoms with Crippen LogP contribution < -0.4 is 10.5 Å². The molecule has 0 radical (unpaired) electrons. The summed E-state index contributed by atoms with van der Waals surface area (Å²) in [7, 11) is -4.05. The van der Waals surface area contributed by atoms with Gasteiger partial charge in [-0.3, -0.25) is 4.90 Å². The van der Waals surface area contributed by atoms with Gasteiger partial charge in [0, 0.05) is 18.6 Å². The molecule has 1 saturated heterocycles. The van der Waals surface area contributed by atoms with Crippen LogP contribution >= 0.6 is 0 Å². The number of sulfonamides is 1. The predicted molar refractivity (Wildman–Crippen MR) is 114 cm³/mol. The third-order valence-corrected chi connectivity index (χ3v) is 7.29. The van der Waals surface area contributed by atoms with E-state index in [1.807, 2.05) is 0 Å². The first kappa shape index (κ1) is 26.5. The molecule has 1 fully saturated rings. The van der Waals surface area contributed by atoms with Crippen molar-refractivity contribution in [1.82, 2.24) is 9.62 Å². The van der Waals surface area contributed by atoms with Crippen LogP contribution in [0.2, 0.25) is 0 Å². The van der Waals surface area contributed by atoms with Gasteiger partial charge in [-0.15, -0.1) is 0 Å². The summed E-state index contributed by atoms with van der Waals surface area (Å²) < 4.78 is 109. The Hall–Kier alpha value is -2.15. The van der Waals surface area contributed by atoms with Gasteiger partial charge in [0.05, 0.1) is 4.90 Å². The number of hydrogen-bond acceptors (Lipinski definition) is 4. The van der Waals surface area contributed by atoms with Crippen molar-refractivity contribution in [3.05, 3.63) is 65.5 Å². The summed E-state index contributed by atoms with van der Waals surface area (Å²) in [5.74, 6) is -2.10. The van der Waals surface area contributed by atoms with Gasteiger partial charge >= 0.3 is 6.18 Å². The lowest BCUT2D eigenvalue weighted by atomic mass is 9.98. The van der Waals surface area contributed by atoms with Crippen LogP contribution in [-0.4, -0.2) is 50.7 Å². The lowest BCUT2D eigenvalue weighted by Gasteiger charge is -2.36. The minimum absolute atomic E-state index is 0.0775. The lowest BCUT2D eigenvalue weighted by molar-refractivity contribution is -0.188. The van der Waals surface area contributed by atoms with E-state index in [-0.39, 0.29) is 30.0 Å². The molecule has 12 heteroatoms. The Morgan fingerprint density at radius 3 is 2.35 bits per heavy atom. The number of rotatable bonds is 9. The van der Waals surface area contributed by atoms with E-state index in [1.165, 1.54) is 0 Å². The minimum Gasteiger partial charge on any atom is -0.327 e. The van der Waals surface area contributed by atoms with Crippen LogP contribution in [0.5, 0.6) is 0 Å². The van der Waals surface area contributed by atoms with Crippen molar-refractivity contribution in [3.63, 3.8) is 0 Å². The molecule has 188 valence electrons. The van der Waals surface area contributed by atoms with Crippen LogP contribution in [0.3, 0.4) is 0 Å². The first-order chi connectivity index (χ1) is 15.9. The number of halogens is 6. The van der Waals surface area contributed by atoms with E-state index in [1.54, 1.807) is 0 Å². The van der Waals surface area contributed by atoms with Crippen molar-refractivity contribution >= 4 is 10.0 Å². The Labute approximate surface area is 194 Å². The van der Waals surface area contributed by atoms with E-state index in [0.29, 0.717) is 12.8 Å². The number of likely N-dealkylation sites (tertiary alicyclic amines) is 1. The van der Waals surface area contributed by atoms with E-state index in [2.05, 4.69) is 4.72 Å². The standard InChI is InChI=1S/C22H25F6N3O2S/c23-15-3-6-19(7-4-15)34(32,33)30-13-18-2-1-9-31(18)21(22(26,27)28)12-17(29)11-14-10-16(24)5-8-20(14)25/h3-8,10,17-18,21,30H,1-2,9,11-13,29H2/t17-,18?,21?/m1/s1. The van der Waals surface area contributed by atoms with Gasteiger partial charge < -0.3 is 5.73 Å². The Morgan fingerprint density at radius 2 is 1.71 bits per heavy atom. The van der Waals surface area contributed by atoms with E-state index < -0.39 is 58.2 Å². The van der Waals surface area contributed by atoms with E-state index in [0.717, 1.165) is 47.4 Å². The van der Waals surface area contributed by atoms with Gasteiger partial charge in [0.15, 0.2) is 0 Å². The van der Waals surface area contributed by atoms with Gasteiger partial charge in [-0.1, -0.05) is 0 Å². The van der Waals surface area contributed by atoms with Crippen LogP contribution in [0.1, 0.15) is 24.8 Å². The van der Waals surface area contributed by atoms with Gasteiger partial charge in [0.25, 0.3) is 0 Å². The molecule has 0 amide bonds. The minimum atomic E-state index is -4.67. The molecule has 0 aliphatic carbocycles. The molecule has 34 heavy (non-hydrogen) atoms. The topological polar surface area (TPSA) is 75.4 Å². The zero-order valence-corrected chi connectivity index (χ0v) is 18.8. The third kappa shape index (κ3) is 6.71. The maximum Gasteiger partial charge on any atom is 0.404 e. The number of nitrogens with two attached hydrogens (primary N) is 1. The summed E-state index contributed by atoms with van der Waals surface area (Å²) in [5, 5.41) is 0. The molecule has 2 unspecified atom stereocenters. The largest absolute Gasteiger partial charge is 0.404 e.